The zero-order valence-corrected chi connectivity index (χ0v) is 19.6. The molecule has 1 aliphatic heterocycles. The Labute approximate surface area is 200 Å². The Hall–Kier alpha value is -3.82. The quantitative estimate of drug-likeness (QED) is 0.602. The van der Waals surface area contributed by atoms with Gasteiger partial charge in [-0.2, -0.15) is 0 Å². The molecule has 1 aromatic carbocycles. The van der Waals surface area contributed by atoms with Crippen LogP contribution >= 0.6 is 0 Å². The molecule has 2 aromatic rings. The van der Waals surface area contributed by atoms with Crippen molar-refractivity contribution in [2.24, 2.45) is 0 Å². The minimum atomic E-state index is -1.19. The number of carbonyl (C=O) groups excluding carboxylic acids is 2. The highest BCUT2D eigenvalue weighted by atomic mass is 19.1. The Bertz CT molecular complexity index is 1260. The number of allylic oxidation sites excluding steroid dienone is 3. The lowest BCUT2D eigenvalue weighted by atomic mass is 10.1. The van der Waals surface area contributed by atoms with E-state index in [-0.39, 0.29) is 11.7 Å². The summed E-state index contributed by atoms with van der Waals surface area (Å²) in [6.07, 6.45) is 6.63. The van der Waals surface area contributed by atoms with Crippen molar-refractivity contribution in [1.82, 2.24) is 14.8 Å². The van der Waals surface area contributed by atoms with E-state index in [1.165, 1.54) is 10.8 Å². The summed E-state index contributed by atoms with van der Waals surface area (Å²) < 4.78 is 42.4. The predicted octanol–water partition coefficient (Wildman–Crippen LogP) is 3.83. The van der Waals surface area contributed by atoms with E-state index >= 15 is 0 Å². The van der Waals surface area contributed by atoms with Gasteiger partial charge < -0.3 is 19.9 Å². The third kappa shape index (κ3) is 5.31. The molecule has 1 atom stereocenters. The summed E-state index contributed by atoms with van der Waals surface area (Å²) in [4.78, 5) is 39.1. The van der Waals surface area contributed by atoms with Gasteiger partial charge in [-0.25, -0.2) is 13.2 Å². The van der Waals surface area contributed by atoms with E-state index in [0.717, 1.165) is 11.3 Å². The highest BCUT2D eigenvalue weighted by molar-refractivity contribution is 5.95. The van der Waals surface area contributed by atoms with Gasteiger partial charge in [-0.3, -0.25) is 14.4 Å². The second-order valence-corrected chi connectivity index (χ2v) is 8.40. The lowest BCUT2D eigenvalue weighted by Gasteiger charge is -2.27. The molecule has 0 saturated carbocycles. The number of nitrogens with one attached hydrogen (secondary N) is 1. The van der Waals surface area contributed by atoms with Crippen LogP contribution in [0.3, 0.4) is 0 Å². The second kappa shape index (κ2) is 10.6. The first-order chi connectivity index (χ1) is 16.6. The van der Waals surface area contributed by atoms with Crippen LogP contribution < -0.4 is 10.7 Å². The number of aldehydes is 1. The topological polar surface area (TPSA) is 91.6 Å². The predicted molar refractivity (Wildman–Crippen MR) is 124 cm³/mol. The summed E-state index contributed by atoms with van der Waals surface area (Å²) in [5.74, 6) is -5.40. The maximum Gasteiger partial charge on any atom is 0.257 e. The van der Waals surface area contributed by atoms with E-state index < -0.39 is 52.2 Å². The lowest BCUT2D eigenvalue weighted by molar-refractivity contribution is 0.0945. The molecule has 2 N–H and O–H groups in total. The number of nitrogens with zero attached hydrogens (tertiary/aromatic N) is 2. The number of amides is 1. The largest absolute Gasteiger partial charge is 0.503 e. The Morgan fingerprint density at radius 3 is 2.51 bits per heavy atom. The fourth-order valence-corrected chi connectivity index (χ4v) is 4.22. The fourth-order valence-electron chi connectivity index (χ4n) is 4.22. The normalized spacial score (nSPS) is 16.5. The van der Waals surface area contributed by atoms with Crippen LogP contribution in [0.15, 0.2) is 46.5 Å². The monoisotopic (exact) mass is 489 g/mol. The number of likely N-dealkylation sites (N-methyl/N-ethyl adjacent to an activating group) is 1. The molecule has 1 aliphatic rings. The Morgan fingerprint density at radius 2 is 1.91 bits per heavy atom. The number of rotatable bonds is 6. The highest BCUT2D eigenvalue weighted by Gasteiger charge is 2.26. The Kier molecular flexibility index (Phi) is 7.83. The van der Waals surface area contributed by atoms with E-state index in [1.54, 1.807) is 0 Å². The van der Waals surface area contributed by atoms with Crippen molar-refractivity contribution in [3.8, 4) is 5.75 Å². The van der Waals surface area contributed by atoms with Crippen LogP contribution in [-0.2, 0) is 6.54 Å². The highest BCUT2D eigenvalue weighted by Crippen LogP contribution is 2.29. The molecule has 3 rings (SSSR count). The van der Waals surface area contributed by atoms with Crippen LogP contribution in [0.1, 0.15) is 59.1 Å². The molecule has 0 bridgehead atoms. The van der Waals surface area contributed by atoms with Gasteiger partial charge in [-0.15, -0.1) is 0 Å². The van der Waals surface area contributed by atoms with Gasteiger partial charge in [-0.05, 0) is 38.3 Å². The SMILES string of the molecule is C/C=C\C1=C(C)CCC(n2cc(C(=O)NCc3c(F)cc(F)cc3F)c(=O)c(O)c2C=O)CN1C. The zero-order valence-electron chi connectivity index (χ0n) is 19.6. The molecule has 35 heavy (non-hydrogen) atoms. The summed E-state index contributed by atoms with van der Waals surface area (Å²) in [6.45, 7) is 3.65. The summed E-state index contributed by atoms with van der Waals surface area (Å²) in [5.41, 5.74) is -0.320. The molecule has 7 nitrogen and oxygen atoms in total. The van der Waals surface area contributed by atoms with Crippen molar-refractivity contribution in [3.63, 3.8) is 0 Å². The Balaban J connectivity index is 1.95. The van der Waals surface area contributed by atoms with Crippen molar-refractivity contribution < 1.29 is 27.9 Å². The van der Waals surface area contributed by atoms with Crippen LogP contribution in [-0.4, -0.2) is 40.4 Å². The van der Waals surface area contributed by atoms with Crippen molar-refractivity contribution in [3.05, 3.63) is 86.2 Å². The average molecular weight is 489 g/mol. The van der Waals surface area contributed by atoms with Gasteiger partial charge in [0.2, 0.25) is 5.43 Å². The van der Waals surface area contributed by atoms with Crippen LogP contribution in [0.2, 0.25) is 0 Å². The number of aromatic hydroxyl groups is 1. The molecule has 0 saturated heterocycles. The van der Waals surface area contributed by atoms with Crippen molar-refractivity contribution in [1.29, 1.82) is 0 Å². The van der Waals surface area contributed by atoms with Crippen molar-refractivity contribution >= 4 is 12.2 Å². The third-order valence-corrected chi connectivity index (χ3v) is 6.04. The molecule has 1 amide bonds. The van der Waals surface area contributed by atoms with Crippen LogP contribution in [0, 0.1) is 17.5 Å². The van der Waals surface area contributed by atoms with Crippen LogP contribution in [0.5, 0.6) is 5.75 Å². The standard InChI is InChI=1S/C25H26F3N3O4/c1-4-5-21-14(2)6-7-16(11-30(21)3)31-12-18(23(33)24(34)22(31)13-32)25(35)29-10-17-19(27)8-15(26)9-20(17)28/h4-5,8-9,12-13,16,34H,6-7,10-11H2,1-3H3,(H,29,35)/b5-4-. The Morgan fingerprint density at radius 1 is 1.26 bits per heavy atom. The van der Waals surface area contributed by atoms with Gasteiger partial charge in [0.25, 0.3) is 5.91 Å². The molecule has 0 fully saturated rings. The first-order valence-corrected chi connectivity index (χ1v) is 11.0. The number of carbonyl (C=O) groups is 2. The van der Waals surface area contributed by atoms with Crippen molar-refractivity contribution in [2.45, 2.75) is 39.3 Å². The number of benzene rings is 1. The number of hydrogen-bond acceptors (Lipinski definition) is 5. The fraction of sp³-hybridized carbons (Fsp3) is 0.320. The molecule has 1 unspecified atom stereocenters. The number of hydrogen-bond donors (Lipinski definition) is 2. The number of aromatic nitrogens is 1. The molecule has 1 aromatic heterocycles. The van der Waals surface area contributed by atoms with Gasteiger partial charge in [0.15, 0.2) is 12.0 Å². The third-order valence-electron chi connectivity index (χ3n) is 6.04. The first-order valence-electron chi connectivity index (χ1n) is 11.0. The minimum absolute atomic E-state index is 0.271. The van der Waals surface area contributed by atoms with E-state index in [1.807, 2.05) is 37.9 Å². The summed E-state index contributed by atoms with van der Waals surface area (Å²) in [7, 11) is 1.87. The number of pyridine rings is 1. The minimum Gasteiger partial charge on any atom is -0.503 e. The molecule has 0 spiro atoms. The van der Waals surface area contributed by atoms with Crippen molar-refractivity contribution in [2.75, 3.05) is 13.6 Å². The summed E-state index contributed by atoms with van der Waals surface area (Å²) in [6, 6.07) is 0.578. The second-order valence-electron chi connectivity index (χ2n) is 8.40. The van der Waals surface area contributed by atoms with E-state index in [9.17, 15) is 32.7 Å². The van der Waals surface area contributed by atoms with Gasteiger partial charge in [0.1, 0.15) is 28.7 Å². The molecular weight excluding hydrogens is 463 g/mol. The maximum atomic E-state index is 13.9. The zero-order chi connectivity index (χ0) is 25.9. The van der Waals surface area contributed by atoms with Crippen LogP contribution in [0.4, 0.5) is 13.2 Å². The lowest BCUT2D eigenvalue weighted by Crippen LogP contribution is -2.33. The average Bonchev–Trinajstić information content (AvgIpc) is 2.93. The molecule has 2 heterocycles. The number of halogens is 3. The van der Waals surface area contributed by atoms with Gasteiger partial charge in [-0.1, -0.05) is 6.08 Å². The van der Waals surface area contributed by atoms with E-state index in [0.29, 0.717) is 37.8 Å². The van der Waals surface area contributed by atoms with Gasteiger partial charge in [0, 0.05) is 49.7 Å². The molecular formula is C25H26F3N3O4. The maximum absolute atomic E-state index is 13.9. The van der Waals surface area contributed by atoms with E-state index in [2.05, 4.69) is 5.32 Å². The molecule has 186 valence electrons. The van der Waals surface area contributed by atoms with Gasteiger partial charge >= 0.3 is 0 Å². The van der Waals surface area contributed by atoms with Gasteiger partial charge in [0.05, 0.1) is 6.04 Å². The molecule has 10 heteroatoms. The first kappa shape index (κ1) is 25.8. The summed E-state index contributed by atoms with van der Waals surface area (Å²) >= 11 is 0. The summed E-state index contributed by atoms with van der Waals surface area (Å²) in [5, 5.41) is 12.6. The molecule has 0 aliphatic carbocycles. The smallest absolute Gasteiger partial charge is 0.257 e. The molecule has 0 radical (unpaired) electrons. The van der Waals surface area contributed by atoms with E-state index in [4.69, 9.17) is 0 Å². The van der Waals surface area contributed by atoms with Crippen LogP contribution in [0.25, 0.3) is 0 Å².